The summed E-state index contributed by atoms with van der Waals surface area (Å²) in [6.07, 6.45) is -2.75. The number of halogens is 5. The number of rotatable bonds is 13. The van der Waals surface area contributed by atoms with E-state index in [9.17, 15) is 43.8 Å². The fourth-order valence-corrected chi connectivity index (χ4v) is 9.65. The molecule has 0 aliphatic carbocycles. The molecule has 10 N–H and O–H groups in total. The van der Waals surface area contributed by atoms with Gasteiger partial charge in [-0.05, 0) is 175 Å². The van der Waals surface area contributed by atoms with E-state index in [4.69, 9.17) is 88.4 Å². The third-order valence-electron chi connectivity index (χ3n) is 13.1. The Kier molecular flexibility index (Phi) is 32.0. The Morgan fingerprint density at radius 1 is 0.505 bits per heavy atom. The highest BCUT2D eigenvalue weighted by molar-refractivity contribution is 6.32. The van der Waals surface area contributed by atoms with Gasteiger partial charge in [-0.25, -0.2) is 14.4 Å². The molecule has 3 heterocycles. The van der Waals surface area contributed by atoms with Crippen LogP contribution in [0.1, 0.15) is 169 Å². The van der Waals surface area contributed by atoms with Crippen LogP contribution in [0.15, 0.2) is 170 Å². The molecule has 0 radical (unpaired) electrons. The van der Waals surface area contributed by atoms with E-state index < -0.39 is 65.1 Å². The highest BCUT2D eigenvalue weighted by Crippen LogP contribution is 2.33. The molecule has 0 bridgehead atoms. The number of amides is 7. The van der Waals surface area contributed by atoms with Gasteiger partial charge >= 0.3 is 18.3 Å². The third-order valence-corrected chi connectivity index (χ3v) is 14.3. The van der Waals surface area contributed by atoms with Crippen molar-refractivity contribution in [2.24, 2.45) is 11.5 Å². The molecule has 5 atom stereocenters. The smallest absolute Gasteiger partial charge is 0.407 e. The van der Waals surface area contributed by atoms with Gasteiger partial charge in [0.15, 0.2) is 0 Å². The summed E-state index contributed by atoms with van der Waals surface area (Å²) in [5.41, 5.74) is 15.2. The summed E-state index contributed by atoms with van der Waals surface area (Å²) in [4.78, 5) is 83.8. The number of fused-ring (bicyclic) bond motifs is 2. The van der Waals surface area contributed by atoms with Crippen molar-refractivity contribution in [2.75, 3.05) is 32.8 Å². The number of benzene rings is 7. The van der Waals surface area contributed by atoms with Gasteiger partial charge in [-0.3, -0.25) is 29.4 Å². The number of imide groups is 2. The van der Waals surface area contributed by atoms with Crippen LogP contribution in [0.25, 0.3) is 0 Å². The average molecular weight is 1430 g/mol. The molecule has 1 fully saturated rings. The van der Waals surface area contributed by atoms with E-state index in [0.717, 1.165) is 27.7 Å². The fraction of sp³-hybridized carbons (Fsp3) is 0.319. The van der Waals surface area contributed by atoms with Gasteiger partial charge in [-0.15, -0.1) is 0 Å². The van der Waals surface area contributed by atoms with Crippen LogP contribution >= 0.6 is 58.0 Å². The first-order chi connectivity index (χ1) is 45.1. The van der Waals surface area contributed by atoms with E-state index in [1.165, 1.54) is 5.56 Å². The van der Waals surface area contributed by atoms with Crippen LogP contribution in [0.4, 0.5) is 14.4 Å². The normalized spacial score (nSPS) is 14.5. The van der Waals surface area contributed by atoms with Crippen molar-refractivity contribution in [3.63, 3.8) is 0 Å². The number of nitrogens with zero attached hydrogens (tertiary/aromatic N) is 1. The lowest BCUT2D eigenvalue weighted by atomic mass is 10.1. The molecular formula is C72H84Cl5N7O13. The predicted molar refractivity (Wildman–Crippen MR) is 379 cm³/mol. The van der Waals surface area contributed by atoms with E-state index in [1.807, 2.05) is 57.2 Å². The summed E-state index contributed by atoms with van der Waals surface area (Å²) in [6.45, 7) is 17.5. The van der Waals surface area contributed by atoms with E-state index in [0.29, 0.717) is 66.1 Å². The topological polar surface area (TPSA) is 304 Å². The van der Waals surface area contributed by atoms with Crippen LogP contribution in [-0.4, -0.2) is 107 Å². The molecule has 1 saturated heterocycles. The Balaban J connectivity index is 0.000000257. The van der Waals surface area contributed by atoms with Gasteiger partial charge in [0.05, 0.1) is 53.7 Å². The largest absolute Gasteiger partial charge is 0.444 e. The third kappa shape index (κ3) is 28.5. The van der Waals surface area contributed by atoms with Gasteiger partial charge in [0.2, 0.25) is 0 Å². The second-order valence-corrected chi connectivity index (χ2v) is 26.7. The zero-order valence-corrected chi connectivity index (χ0v) is 58.2. The summed E-state index contributed by atoms with van der Waals surface area (Å²) in [7, 11) is 0. The highest BCUT2D eigenvalue weighted by atomic mass is 35.5. The molecule has 0 saturated carbocycles. The van der Waals surface area contributed by atoms with Gasteiger partial charge in [-0.1, -0.05) is 150 Å². The van der Waals surface area contributed by atoms with Crippen molar-refractivity contribution >= 4 is 99.9 Å². The van der Waals surface area contributed by atoms with Crippen molar-refractivity contribution < 1.29 is 62.7 Å². The van der Waals surface area contributed by atoms with Gasteiger partial charge in [0.1, 0.15) is 22.9 Å². The Labute approximate surface area is 591 Å². The van der Waals surface area contributed by atoms with Crippen molar-refractivity contribution in [3.05, 3.63) is 245 Å². The minimum Gasteiger partial charge on any atom is -0.444 e. The first-order valence-electron chi connectivity index (χ1n) is 30.1. The van der Waals surface area contributed by atoms with E-state index in [2.05, 4.69) is 21.3 Å². The summed E-state index contributed by atoms with van der Waals surface area (Å²) >= 11 is 29.2. The number of nitrogens with two attached hydrogens (primary N) is 2. The summed E-state index contributed by atoms with van der Waals surface area (Å²) < 4.78 is 20.5. The molecule has 97 heavy (non-hydrogen) atoms. The lowest BCUT2D eigenvalue weighted by Crippen LogP contribution is -2.42. The summed E-state index contributed by atoms with van der Waals surface area (Å²) in [6, 6.07) is 48.2. The maximum atomic E-state index is 12.9. The van der Waals surface area contributed by atoms with Gasteiger partial charge in [0.25, 0.3) is 23.6 Å². The number of alkyl carbamates (subject to hydrolysis) is 3. The van der Waals surface area contributed by atoms with Gasteiger partial charge in [-0.2, -0.15) is 0 Å². The molecule has 0 unspecified atom stereocenters. The van der Waals surface area contributed by atoms with Crippen molar-refractivity contribution in [2.45, 2.75) is 117 Å². The van der Waals surface area contributed by atoms with E-state index in [1.54, 1.807) is 175 Å². The average Bonchev–Trinajstić information content (AvgIpc) is 1.62. The zero-order valence-electron chi connectivity index (χ0n) is 54.5. The number of epoxide rings is 1. The Bertz CT molecular complexity index is 3650. The second-order valence-electron chi connectivity index (χ2n) is 24.5. The Hall–Kier alpha value is -8.12. The van der Waals surface area contributed by atoms with Gasteiger partial charge < -0.3 is 56.6 Å². The summed E-state index contributed by atoms with van der Waals surface area (Å²) in [5, 5.41) is 32.2. The molecule has 3 aliphatic heterocycles. The number of carbonyl (C=O) groups is 7. The number of carbonyl (C=O) groups excluding carboxylic acids is 7. The maximum absolute atomic E-state index is 12.9. The molecule has 20 nitrogen and oxygen atoms in total. The number of aliphatic hydroxyl groups excluding tert-OH is 2. The number of nitrogens with one attached hydrogen (secondary N) is 4. The van der Waals surface area contributed by atoms with Crippen molar-refractivity contribution in [1.82, 2.24) is 26.2 Å². The highest BCUT2D eigenvalue weighted by Gasteiger charge is 2.41. The molecule has 0 aromatic heterocycles. The van der Waals surface area contributed by atoms with Crippen LogP contribution < -0.4 is 32.7 Å². The number of aliphatic hydroxyl groups is 2. The lowest BCUT2D eigenvalue weighted by Gasteiger charge is -2.28. The van der Waals surface area contributed by atoms with Crippen molar-refractivity contribution in [1.29, 1.82) is 0 Å². The maximum Gasteiger partial charge on any atom is 0.407 e. The first-order valence-corrected chi connectivity index (χ1v) is 32.0. The molecule has 10 rings (SSSR count). The fourth-order valence-electron chi connectivity index (χ4n) is 8.66. The SMILES string of the molecule is C.CC(C)(C)OC(=O)NC[C@@H](N)c1cccc(Cl)c1.CC(C)(C)OC(=O)NC[C@H](O)c1cccc(Cl)c1.CC(C)(C)OC(=O)NC[C@H](c1cccc(Cl)c1)N1C(=O)c2ccccc2C1=O.Clc1cccc([C@@H]2CO2)c1.NC[C@H](O)c1cccc(Cl)c1.O=C1NC(=O)c2ccccc21. The monoisotopic (exact) mass is 1430 g/mol. The molecule has 7 aromatic rings. The second kappa shape index (κ2) is 38.1. The van der Waals surface area contributed by atoms with Crippen LogP contribution in [0.5, 0.6) is 0 Å². The first kappa shape index (κ1) is 81.3. The zero-order chi connectivity index (χ0) is 71.1. The number of ether oxygens (including phenoxy) is 4. The minimum atomic E-state index is -0.809. The molecule has 0 spiro atoms. The Morgan fingerprint density at radius 3 is 1.24 bits per heavy atom. The molecule has 520 valence electrons. The lowest BCUT2D eigenvalue weighted by molar-refractivity contribution is 0.0467. The minimum absolute atomic E-state index is 0. The standard InChI is InChI=1S/C21H21ClN2O4.C13H19ClN2O2.C13H18ClNO3.C8H10ClNO.C8H7ClO.C8H5NO2.CH4/c1-21(2,3)28-20(27)23-12-17(13-7-6-8-14(22)11-13)24-18(25)15-9-4-5-10-16(15)19(24)26;1-13(2,3)18-12(17)16-8-11(15)9-5-4-6-10(14)7-9;1-13(2,3)18-12(17)15-8-11(16)9-5-4-6-10(14)7-9;9-7-3-1-2-6(4-7)8(11)5-10;9-7-3-1-2-6(4-7)8-5-10-8;10-7-5-3-1-2-4-6(5)8(11)9-7;/h4-11,17H,12H2,1-3H3,(H,23,27);4-7,11H,8,15H2,1-3H3,(H,16,17);4-7,11,16H,8H2,1-3H3,(H,15,17);1-4,8,11H,5,10H2;1-4,8H,5H2;1-4H,(H,9,10,11);1H4/t17-;2*11-;2*8-;;/m11000../s1. The van der Waals surface area contributed by atoms with Crippen LogP contribution in [0.3, 0.4) is 0 Å². The van der Waals surface area contributed by atoms with Crippen LogP contribution in [0, 0.1) is 0 Å². The summed E-state index contributed by atoms with van der Waals surface area (Å²) in [5.74, 6) is -1.41. The Morgan fingerprint density at radius 2 is 0.845 bits per heavy atom. The molecule has 25 heteroatoms. The quantitative estimate of drug-likeness (QED) is 0.0302. The molecule has 7 amide bonds. The van der Waals surface area contributed by atoms with Crippen LogP contribution in [0.2, 0.25) is 25.1 Å². The van der Waals surface area contributed by atoms with E-state index in [-0.39, 0.29) is 44.9 Å². The molecule has 3 aliphatic rings. The van der Waals surface area contributed by atoms with Gasteiger partial charge in [0, 0.05) is 50.8 Å². The molecule has 7 aromatic carbocycles. The van der Waals surface area contributed by atoms with Crippen LogP contribution in [-0.2, 0) is 18.9 Å². The van der Waals surface area contributed by atoms with Crippen molar-refractivity contribution in [3.8, 4) is 0 Å². The number of hydrogen-bond donors (Lipinski definition) is 8. The number of hydrogen-bond acceptors (Lipinski definition) is 15. The van der Waals surface area contributed by atoms with E-state index >= 15 is 0 Å². The predicted octanol–water partition coefficient (Wildman–Crippen LogP) is 14.9. The molecular weight excluding hydrogens is 1350 g/mol.